The van der Waals surface area contributed by atoms with Crippen LogP contribution in [0.15, 0.2) is 33.6 Å². The van der Waals surface area contributed by atoms with Gasteiger partial charge in [0.2, 0.25) is 0 Å². The third kappa shape index (κ3) is 3.38. The van der Waals surface area contributed by atoms with Crippen LogP contribution in [-0.4, -0.2) is 13.0 Å². The fourth-order valence-corrected chi connectivity index (χ4v) is 1.69. The Balaban J connectivity index is 0.00000121. The number of rotatable bonds is 1. The molecule has 0 aliphatic heterocycles. The van der Waals surface area contributed by atoms with Crippen LogP contribution in [0.25, 0.3) is 0 Å². The van der Waals surface area contributed by atoms with Crippen LogP contribution < -0.4 is 0 Å². The van der Waals surface area contributed by atoms with Crippen LogP contribution in [0.3, 0.4) is 0 Å². The molecule has 0 aliphatic rings. The summed E-state index contributed by atoms with van der Waals surface area (Å²) in [7, 11) is -4.31. The van der Waals surface area contributed by atoms with Crippen LogP contribution in [0.5, 0.6) is 0 Å². The van der Waals surface area contributed by atoms with Gasteiger partial charge in [-0.05, 0) is 18.2 Å². The Hall–Kier alpha value is 0.350. The molecule has 1 aromatic carbocycles. The molecule has 0 amide bonds. The summed E-state index contributed by atoms with van der Waals surface area (Å²) < 4.78 is 31.8. The number of halogens is 1. The van der Waals surface area contributed by atoms with E-state index in [0.717, 1.165) is 0 Å². The molecule has 0 saturated heterocycles. The van der Waals surface area contributed by atoms with E-state index in [0.29, 0.717) is 4.47 Å². The van der Waals surface area contributed by atoms with Gasteiger partial charge in [-0.1, -0.05) is 22.0 Å². The standard InChI is InChI=1S/C6H5BrO3S.Ag/c7-5-2-1-3-6(4-5)11(8,9)10;/h1-4H,(H,8,9,10);/q;+1/p-1. The topological polar surface area (TPSA) is 57.2 Å². The van der Waals surface area contributed by atoms with E-state index < -0.39 is 10.1 Å². The van der Waals surface area contributed by atoms with E-state index in [1.807, 2.05) is 0 Å². The number of benzene rings is 1. The zero-order valence-electron chi connectivity index (χ0n) is 5.62. The van der Waals surface area contributed by atoms with Crippen LogP contribution in [0.4, 0.5) is 0 Å². The molecule has 0 spiro atoms. The van der Waals surface area contributed by atoms with Gasteiger partial charge in [-0.2, -0.15) is 0 Å². The second-order valence-corrected chi connectivity index (χ2v) is 4.21. The second-order valence-electron chi connectivity index (χ2n) is 1.91. The summed E-state index contributed by atoms with van der Waals surface area (Å²) in [6.07, 6.45) is 0. The van der Waals surface area contributed by atoms with Crippen molar-refractivity contribution >= 4 is 26.0 Å². The van der Waals surface area contributed by atoms with E-state index in [2.05, 4.69) is 15.9 Å². The molecule has 0 radical (unpaired) electrons. The van der Waals surface area contributed by atoms with Gasteiger partial charge in [-0.25, -0.2) is 8.42 Å². The summed E-state index contributed by atoms with van der Waals surface area (Å²) in [4.78, 5) is -0.216. The molecule has 12 heavy (non-hydrogen) atoms. The van der Waals surface area contributed by atoms with Crippen molar-refractivity contribution in [1.29, 1.82) is 0 Å². The Morgan fingerprint density at radius 1 is 1.33 bits per heavy atom. The van der Waals surface area contributed by atoms with Crippen molar-refractivity contribution in [2.75, 3.05) is 0 Å². The van der Waals surface area contributed by atoms with Gasteiger partial charge in [0.25, 0.3) is 0 Å². The van der Waals surface area contributed by atoms with Gasteiger partial charge in [0.05, 0.1) is 4.90 Å². The zero-order chi connectivity index (χ0) is 8.48. The normalized spacial score (nSPS) is 10.5. The molecule has 0 N–H and O–H groups in total. The van der Waals surface area contributed by atoms with E-state index in [1.165, 1.54) is 18.2 Å². The largest absolute Gasteiger partial charge is 1.00 e. The van der Waals surface area contributed by atoms with Crippen LogP contribution in [0.2, 0.25) is 0 Å². The van der Waals surface area contributed by atoms with Gasteiger partial charge in [0, 0.05) is 4.47 Å². The van der Waals surface area contributed by atoms with Crippen molar-refractivity contribution in [2.24, 2.45) is 0 Å². The molecular weight excluding hydrogens is 340 g/mol. The van der Waals surface area contributed by atoms with E-state index in [1.54, 1.807) is 6.07 Å². The smallest absolute Gasteiger partial charge is 0.744 e. The van der Waals surface area contributed by atoms with Crippen molar-refractivity contribution in [3.63, 3.8) is 0 Å². The summed E-state index contributed by atoms with van der Waals surface area (Å²) in [6.45, 7) is 0. The molecule has 0 aliphatic carbocycles. The summed E-state index contributed by atoms with van der Waals surface area (Å²) in [6, 6.07) is 5.67. The number of hydrogen-bond acceptors (Lipinski definition) is 3. The summed E-state index contributed by atoms with van der Waals surface area (Å²) >= 11 is 3.05. The van der Waals surface area contributed by atoms with Crippen molar-refractivity contribution < 1.29 is 35.4 Å². The van der Waals surface area contributed by atoms with Crippen molar-refractivity contribution in [3.8, 4) is 0 Å². The molecule has 0 fully saturated rings. The SMILES string of the molecule is O=S(=O)([O-])c1cccc(Br)c1.[Ag+]. The van der Waals surface area contributed by atoms with Gasteiger partial charge < -0.3 is 4.55 Å². The predicted octanol–water partition coefficient (Wildman–Crippen LogP) is 1.35. The van der Waals surface area contributed by atoms with Crippen molar-refractivity contribution in [3.05, 3.63) is 28.7 Å². The average molecular weight is 344 g/mol. The van der Waals surface area contributed by atoms with Gasteiger partial charge in [0.15, 0.2) is 0 Å². The fraction of sp³-hybridized carbons (Fsp3) is 0. The summed E-state index contributed by atoms with van der Waals surface area (Å²) in [5.41, 5.74) is 0. The molecule has 70 valence electrons. The molecule has 0 bridgehead atoms. The molecule has 0 saturated carbocycles. The maximum atomic E-state index is 10.4. The van der Waals surface area contributed by atoms with Gasteiger partial charge in [-0.3, -0.25) is 0 Å². The Morgan fingerprint density at radius 3 is 2.25 bits per heavy atom. The minimum absolute atomic E-state index is 0. The maximum absolute atomic E-state index is 10.4. The predicted molar refractivity (Wildman–Crippen MR) is 42.1 cm³/mol. The molecular formula is C6H4AgBrO3S. The first-order chi connectivity index (χ1) is 5.00. The first-order valence-electron chi connectivity index (χ1n) is 2.71. The van der Waals surface area contributed by atoms with Crippen LogP contribution >= 0.6 is 15.9 Å². The van der Waals surface area contributed by atoms with E-state index in [-0.39, 0.29) is 27.3 Å². The summed E-state index contributed by atoms with van der Waals surface area (Å²) in [5, 5.41) is 0. The summed E-state index contributed by atoms with van der Waals surface area (Å²) in [5.74, 6) is 0. The van der Waals surface area contributed by atoms with Crippen molar-refractivity contribution in [2.45, 2.75) is 4.90 Å². The Morgan fingerprint density at radius 2 is 1.92 bits per heavy atom. The van der Waals surface area contributed by atoms with E-state index in [9.17, 15) is 13.0 Å². The molecule has 0 unspecified atom stereocenters. The molecule has 1 rings (SSSR count). The first kappa shape index (κ1) is 12.4. The monoisotopic (exact) mass is 342 g/mol. The molecule has 0 atom stereocenters. The second kappa shape index (κ2) is 4.55. The molecule has 0 heterocycles. The molecule has 1 aromatic rings. The maximum Gasteiger partial charge on any atom is 1.00 e. The molecule has 6 heteroatoms. The van der Waals surface area contributed by atoms with Gasteiger partial charge in [-0.15, -0.1) is 0 Å². The Bertz CT molecular complexity index is 363. The van der Waals surface area contributed by atoms with E-state index in [4.69, 9.17) is 0 Å². The Kier molecular flexibility index (Phi) is 4.68. The average Bonchev–Trinajstić information content (AvgIpc) is 1.86. The van der Waals surface area contributed by atoms with E-state index >= 15 is 0 Å². The van der Waals surface area contributed by atoms with Crippen molar-refractivity contribution in [1.82, 2.24) is 0 Å². The minimum Gasteiger partial charge on any atom is -0.744 e. The molecule has 3 nitrogen and oxygen atoms in total. The Labute approximate surface area is 94.6 Å². The van der Waals surface area contributed by atoms with Crippen LogP contribution in [0, 0.1) is 0 Å². The fourth-order valence-electron chi connectivity index (χ4n) is 0.623. The van der Waals surface area contributed by atoms with Crippen LogP contribution in [0.1, 0.15) is 0 Å². The minimum atomic E-state index is -4.31. The number of hydrogen-bond donors (Lipinski definition) is 0. The molecule has 0 aromatic heterocycles. The zero-order valence-corrected chi connectivity index (χ0v) is 9.51. The third-order valence-electron chi connectivity index (χ3n) is 1.08. The van der Waals surface area contributed by atoms with Gasteiger partial charge >= 0.3 is 22.4 Å². The first-order valence-corrected chi connectivity index (χ1v) is 4.92. The third-order valence-corrected chi connectivity index (χ3v) is 2.41. The van der Waals surface area contributed by atoms with Gasteiger partial charge in [0.1, 0.15) is 10.1 Å². The quantitative estimate of drug-likeness (QED) is 0.571. The van der Waals surface area contributed by atoms with Crippen LogP contribution in [-0.2, 0) is 32.5 Å².